The van der Waals surface area contributed by atoms with Crippen LogP contribution in [0, 0.1) is 5.82 Å². The number of benzene rings is 2. The quantitative estimate of drug-likeness (QED) is 0.783. The monoisotopic (exact) mass is 373 g/mol. The van der Waals surface area contributed by atoms with E-state index in [0.29, 0.717) is 5.75 Å². The Hall–Kier alpha value is -2.05. The Morgan fingerprint density at radius 2 is 1.77 bits per heavy atom. The van der Waals surface area contributed by atoms with E-state index >= 15 is 0 Å². The lowest BCUT2D eigenvalue weighted by atomic mass is 10.2. The molecule has 1 heterocycles. The standard InChI is InChI=1S/C20H24FN3OS/c1-2-23-11-13-24(14-12-23)19-6-4-3-5-18(19)22-20(25)15-26-17-9-7-16(21)8-10-17/h3-10H,2,11-15H2,1H3,(H,22,25). The van der Waals surface area contributed by atoms with Crippen LogP contribution in [0.4, 0.5) is 15.8 Å². The number of halogens is 1. The Labute approximate surface area is 158 Å². The molecule has 0 unspecified atom stereocenters. The summed E-state index contributed by atoms with van der Waals surface area (Å²) in [4.78, 5) is 18.0. The topological polar surface area (TPSA) is 35.6 Å². The molecule has 0 saturated carbocycles. The summed E-state index contributed by atoms with van der Waals surface area (Å²) in [6.45, 7) is 7.27. The van der Waals surface area contributed by atoms with E-state index in [0.717, 1.165) is 49.0 Å². The Kier molecular flexibility index (Phi) is 6.52. The molecule has 0 aromatic heterocycles. The van der Waals surface area contributed by atoms with Gasteiger partial charge in [0.15, 0.2) is 0 Å². The first kappa shape index (κ1) is 18.7. The minimum atomic E-state index is -0.268. The van der Waals surface area contributed by atoms with E-state index in [-0.39, 0.29) is 11.7 Å². The van der Waals surface area contributed by atoms with Crippen LogP contribution in [-0.4, -0.2) is 49.3 Å². The summed E-state index contributed by atoms with van der Waals surface area (Å²) in [6, 6.07) is 14.1. The molecule has 1 fully saturated rings. The van der Waals surface area contributed by atoms with Crippen molar-refractivity contribution in [3.8, 4) is 0 Å². The lowest BCUT2D eigenvalue weighted by Crippen LogP contribution is -2.46. The second-order valence-corrected chi connectivity index (χ2v) is 7.28. The van der Waals surface area contributed by atoms with E-state index < -0.39 is 0 Å². The summed E-state index contributed by atoms with van der Waals surface area (Å²) >= 11 is 1.40. The molecule has 2 aromatic carbocycles. The molecule has 6 heteroatoms. The third-order valence-corrected chi connectivity index (χ3v) is 5.53. The van der Waals surface area contributed by atoms with Gasteiger partial charge in [-0.05, 0) is 42.9 Å². The largest absolute Gasteiger partial charge is 0.367 e. The highest BCUT2D eigenvalue weighted by Gasteiger charge is 2.18. The van der Waals surface area contributed by atoms with Gasteiger partial charge in [0.2, 0.25) is 5.91 Å². The zero-order valence-corrected chi connectivity index (χ0v) is 15.8. The summed E-state index contributed by atoms with van der Waals surface area (Å²) < 4.78 is 12.9. The number of anilines is 2. The van der Waals surface area contributed by atoms with Crippen molar-refractivity contribution in [2.45, 2.75) is 11.8 Å². The first-order valence-corrected chi connectivity index (χ1v) is 9.89. The average molecular weight is 373 g/mol. The molecule has 1 N–H and O–H groups in total. The Morgan fingerprint density at radius 1 is 1.08 bits per heavy atom. The number of carbonyl (C=O) groups is 1. The maximum Gasteiger partial charge on any atom is 0.234 e. The maximum absolute atomic E-state index is 12.9. The van der Waals surface area contributed by atoms with Crippen LogP contribution in [0.5, 0.6) is 0 Å². The Bertz CT molecular complexity index is 730. The summed E-state index contributed by atoms with van der Waals surface area (Å²) in [6.07, 6.45) is 0. The molecule has 3 rings (SSSR count). The van der Waals surface area contributed by atoms with Gasteiger partial charge in [-0.1, -0.05) is 19.1 Å². The molecule has 1 amide bonds. The molecule has 1 aliphatic rings. The highest BCUT2D eigenvalue weighted by atomic mass is 32.2. The average Bonchev–Trinajstić information content (AvgIpc) is 2.68. The second kappa shape index (κ2) is 9.05. The van der Waals surface area contributed by atoms with Gasteiger partial charge in [0.1, 0.15) is 5.82 Å². The number of amides is 1. The van der Waals surface area contributed by atoms with E-state index in [1.165, 1.54) is 23.9 Å². The number of para-hydroxylation sites is 2. The van der Waals surface area contributed by atoms with Gasteiger partial charge in [-0.3, -0.25) is 4.79 Å². The van der Waals surface area contributed by atoms with Gasteiger partial charge in [-0.15, -0.1) is 11.8 Å². The highest BCUT2D eigenvalue weighted by molar-refractivity contribution is 8.00. The smallest absolute Gasteiger partial charge is 0.234 e. The number of carbonyl (C=O) groups excluding carboxylic acids is 1. The third-order valence-electron chi connectivity index (χ3n) is 4.52. The van der Waals surface area contributed by atoms with Crippen molar-refractivity contribution in [2.75, 3.05) is 48.7 Å². The fourth-order valence-corrected chi connectivity index (χ4v) is 3.72. The fourth-order valence-electron chi connectivity index (χ4n) is 3.03. The van der Waals surface area contributed by atoms with E-state index in [1.54, 1.807) is 12.1 Å². The number of hydrogen-bond acceptors (Lipinski definition) is 4. The van der Waals surface area contributed by atoms with E-state index in [9.17, 15) is 9.18 Å². The van der Waals surface area contributed by atoms with Crippen LogP contribution < -0.4 is 10.2 Å². The van der Waals surface area contributed by atoms with E-state index in [4.69, 9.17) is 0 Å². The number of thioether (sulfide) groups is 1. The van der Waals surface area contributed by atoms with Crippen LogP contribution in [0.25, 0.3) is 0 Å². The van der Waals surface area contributed by atoms with Crippen molar-refractivity contribution in [3.05, 3.63) is 54.3 Å². The first-order chi connectivity index (χ1) is 12.7. The van der Waals surface area contributed by atoms with E-state index in [1.807, 2.05) is 18.2 Å². The molecule has 4 nitrogen and oxygen atoms in total. The van der Waals surface area contributed by atoms with Crippen molar-refractivity contribution in [2.24, 2.45) is 0 Å². The number of likely N-dealkylation sites (N-methyl/N-ethyl adjacent to an activating group) is 1. The Balaban J connectivity index is 1.59. The van der Waals surface area contributed by atoms with Gasteiger partial charge in [0.25, 0.3) is 0 Å². The Morgan fingerprint density at radius 3 is 2.46 bits per heavy atom. The van der Waals surface area contributed by atoms with Gasteiger partial charge in [-0.25, -0.2) is 4.39 Å². The molecule has 0 bridgehead atoms. The second-order valence-electron chi connectivity index (χ2n) is 6.23. The summed E-state index contributed by atoms with van der Waals surface area (Å²) in [5.41, 5.74) is 1.92. The maximum atomic E-state index is 12.9. The van der Waals surface area contributed by atoms with Crippen molar-refractivity contribution in [1.82, 2.24) is 4.90 Å². The molecule has 1 aliphatic heterocycles. The molecule has 2 aromatic rings. The molecule has 1 saturated heterocycles. The molecule has 26 heavy (non-hydrogen) atoms. The van der Waals surface area contributed by atoms with Crippen molar-refractivity contribution < 1.29 is 9.18 Å². The van der Waals surface area contributed by atoms with Crippen molar-refractivity contribution in [3.63, 3.8) is 0 Å². The molecular formula is C20H24FN3OS. The molecule has 0 spiro atoms. The number of piperazine rings is 1. The minimum absolute atomic E-state index is 0.0565. The van der Waals surface area contributed by atoms with Gasteiger partial charge in [0, 0.05) is 31.1 Å². The number of nitrogens with zero attached hydrogens (tertiary/aromatic N) is 2. The minimum Gasteiger partial charge on any atom is -0.367 e. The third kappa shape index (κ3) is 4.99. The van der Waals surface area contributed by atoms with Crippen molar-refractivity contribution >= 4 is 29.0 Å². The predicted molar refractivity (Wildman–Crippen MR) is 107 cm³/mol. The van der Waals surface area contributed by atoms with Crippen molar-refractivity contribution in [1.29, 1.82) is 0 Å². The van der Waals surface area contributed by atoms with Crippen LogP contribution in [0.15, 0.2) is 53.4 Å². The van der Waals surface area contributed by atoms with Crippen LogP contribution in [0.1, 0.15) is 6.92 Å². The number of hydrogen-bond donors (Lipinski definition) is 1. The molecule has 0 atom stereocenters. The lowest BCUT2D eigenvalue weighted by Gasteiger charge is -2.36. The highest BCUT2D eigenvalue weighted by Crippen LogP contribution is 2.27. The van der Waals surface area contributed by atoms with Gasteiger partial charge >= 0.3 is 0 Å². The van der Waals surface area contributed by atoms with Gasteiger partial charge < -0.3 is 15.1 Å². The zero-order chi connectivity index (χ0) is 18.4. The molecule has 0 aliphatic carbocycles. The molecular weight excluding hydrogens is 349 g/mol. The predicted octanol–water partition coefficient (Wildman–Crippen LogP) is 3.70. The summed E-state index contributed by atoms with van der Waals surface area (Å²) in [7, 11) is 0. The first-order valence-electron chi connectivity index (χ1n) is 8.90. The van der Waals surface area contributed by atoms with Crippen LogP contribution in [-0.2, 0) is 4.79 Å². The molecule has 0 radical (unpaired) electrons. The summed E-state index contributed by atoms with van der Waals surface area (Å²) in [5.74, 6) is -0.0290. The van der Waals surface area contributed by atoms with Gasteiger partial charge in [0.05, 0.1) is 17.1 Å². The molecule has 138 valence electrons. The zero-order valence-electron chi connectivity index (χ0n) is 15.0. The fraction of sp³-hybridized carbons (Fsp3) is 0.350. The SMILES string of the molecule is CCN1CCN(c2ccccc2NC(=O)CSc2ccc(F)cc2)CC1. The normalized spacial score (nSPS) is 15.1. The lowest BCUT2D eigenvalue weighted by molar-refractivity contribution is -0.113. The van der Waals surface area contributed by atoms with Crippen LogP contribution in [0.3, 0.4) is 0 Å². The number of rotatable bonds is 6. The van der Waals surface area contributed by atoms with Crippen LogP contribution in [0.2, 0.25) is 0 Å². The number of nitrogens with one attached hydrogen (secondary N) is 1. The van der Waals surface area contributed by atoms with Crippen LogP contribution >= 0.6 is 11.8 Å². The van der Waals surface area contributed by atoms with E-state index in [2.05, 4.69) is 28.1 Å². The van der Waals surface area contributed by atoms with Gasteiger partial charge in [-0.2, -0.15) is 0 Å². The summed E-state index contributed by atoms with van der Waals surface area (Å²) in [5, 5.41) is 3.03.